The van der Waals surface area contributed by atoms with Crippen molar-refractivity contribution in [1.82, 2.24) is 9.78 Å². The van der Waals surface area contributed by atoms with Crippen molar-refractivity contribution in [2.75, 3.05) is 5.32 Å². The van der Waals surface area contributed by atoms with Gasteiger partial charge in [-0.3, -0.25) is 4.79 Å². The number of nitrogens with one attached hydrogen (secondary N) is 1. The fourth-order valence-electron chi connectivity index (χ4n) is 3.15. The molecule has 0 aliphatic rings. The van der Waals surface area contributed by atoms with Crippen LogP contribution >= 0.6 is 0 Å². The number of rotatable bonds is 11. The molecule has 4 nitrogen and oxygen atoms in total. The predicted molar refractivity (Wildman–Crippen MR) is 116 cm³/mol. The highest BCUT2D eigenvalue weighted by Gasteiger charge is 2.25. The largest absolute Gasteiger partial charge is 0.311 e. The Bertz CT molecular complexity index is 561. The van der Waals surface area contributed by atoms with Crippen LogP contribution in [-0.4, -0.2) is 15.7 Å². The Hall–Kier alpha value is -1.32. The lowest BCUT2D eigenvalue weighted by molar-refractivity contribution is -0.116. The van der Waals surface area contributed by atoms with Gasteiger partial charge in [0, 0.05) is 17.9 Å². The third kappa shape index (κ3) is 8.94. The summed E-state index contributed by atoms with van der Waals surface area (Å²) in [5, 5.41) is 7.86. The highest BCUT2D eigenvalue weighted by atomic mass is 16.1. The molecule has 0 saturated heterocycles. The van der Waals surface area contributed by atoms with Crippen molar-refractivity contribution in [1.29, 1.82) is 0 Å². The maximum absolute atomic E-state index is 12.4. The molecule has 1 aromatic heterocycles. The molecule has 1 aromatic rings. The van der Waals surface area contributed by atoms with Gasteiger partial charge in [-0.25, -0.2) is 4.68 Å². The zero-order valence-corrected chi connectivity index (χ0v) is 19.0. The molecule has 0 aliphatic carbocycles. The lowest BCUT2D eigenvalue weighted by Crippen LogP contribution is -2.27. The summed E-state index contributed by atoms with van der Waals surface area (Å²) in [6.45, 7) is 15.0. The SMILES string of the molecule is CCCCCCCCCCCC(=O)Nc1cc(C(C)(C)C)nn1C(C)(C)C. The first-order valence-electron chi connectivity index (χ1n) is 11.0. The van der Waals surface area contributed by atoms with E-state index in [4.69, 9.17) is 5.10 Å². The summed E-state index contributed by atoms with van der Waals surface area (Å²) in [6, 6.07) is 2.03. The van der Waals surface area contributed by atoms with Crippen molar-refractivity contribution in [3.05, 3.63) is 11.8 Å². The Kier molecular flexibility index (Phi) is 9.55. The van der Waals surface area contributed by atoms with Gasteiger partial charge in [-0.05, 0) is 27.2 Å². The maximum Gasteiger partial charge on any atom is 0.225 e. The van der Waals surface area contributed by atoms with E-state index in [0.29, 0.717) is 6.42 Å². The van der Waals surface area contributed by atoms with Gasteiger partial charge in [0.05, 0.1) is 11.2 Å². The summed E-state index contributed by atoms with van der Waals surface area (Å²) < 4.78 is 1.95. The molecule has 1 heterocycles. The molecule has 0 bridgehead atoms. The maximum atomic E-state index is 12.4. The smallest absolute Gasteiger partial charge is 0.225 e. The second-order valence-corrected chi connectivity index (χ2v) is 9.87. The number of anilines is 1. The average molecular weight is 378 g/mol. The molecule has 0 spiro atoms. The second-order valence-electron chi connectivity index (χ2n) is 9.87. The Balaban J connectivity index is 2.43. The monoisotopic (exact) mass is 377 g/mol. The minimum atomic E-state index is -0.163. The molecule has 4 heteroatoms. The quantitative estimate of drug-likeness (QED) is 0.431. The van der Waals surface area contributed by atoms with E-state index in [2.05, 4.69) is 53.8 Å². The number of hydrogen-bond donors (Lipinski definition) is 1. The summed E-state index contributed by atoms with van der Waals surface area (Å²) in [7, 11) is 0. The van der Waals surface area contributed by atoms with E-state index in [-0.39, 0.29) is 16.9 Å². The van der Waals surface area contributed by atoms with Gasteiger partial charge in [0.25, 0.3) is 0 Å². The molecule has 0 unspecified atom stereocenters. The fourth-order valence-corrected chi connectivity index (χ4v) is 3.15. The Labute approximate surface area is 167 Å². The molecule has 156 valence electrons. The number of unbranched alkanes of at least 4 members (excludes halogenated alkanes) is 8. The van der Waals surface area contributed by atoms with Crippen LogP contribution in [0.15, 0.2) is 6.07 Å². The van der Waals surface area contributed by atoms with Gasteiger partial charge in [-0.2, -0.15) is 5.10 Å². The molecule has 1 rings (SSSR count). The van der Waals surface area contributed by atoms with E-state index < -0.39 is 0 Å². The minimum absolute atomic E-state index is 0.0346. The Morgan fingerprint density at radius 1 is 0.926 bits per heavy atom. The Morgan fingerprint density at radius 3 is 1.93 bits per heavy atom. The van der Waals surface area contributed by atoms with E-state index in [0.717, 1.165) is 24.4 Å². The van der Waals surface area contributed by atoms with Gasteiger partial charge in [0.2, 0.25) is 5.91 Å². The summed E-state index contributed by atoms with van der Waals surface area (Å²) in [5.41, 5.74) is 0.813. The number of hydrogen-bond acceptors (Lipinski definition) is 2. The molecular weight excluding hydrogens is 334 g/mol. The van der Waals surface area contributed by atoms with E-state index in [1.165, 1.54) is 44.9 Å². The van der Waals surface area contributed by atoms with E-state index in [1.807, 2.05) is 10.7 Å². The number of carbonyl (C=O) groups is 1. The Morgan fingerprint density at radius 2 is 1.44 bits per heavy atom. The molecule has 0 radical (unpaired) electrons. The first-order valence-corrected chi connectivity index (χ1v) is 11.0. The van der Waals surface area contributed by atoms with Crippen LogP contribution in [0.2, 0.25) is 0 Å². The highest BCUT2D eigenvalue weighted by Crippen LogP contribution is 2.28. The fraction of sp³-hybridized carbons (Fsp3) is 0.826. The second kappa shape index (κ2) is 10.9. The standard InChI is InChI=1S/C23H43N3O/c1-8-9-10-11-12-13-14-15-16-17-21(27)24-20-18-19(22(2,3)4)25-26(20)23(5,6)7/h18H,8-17H2,1-7H3,(H,24,27). The van der Waals surface area contributed by atoms with Crippen molar-refractivity contribution < 1.29 is 4.79 Å². The van der Waals surface area contributed by atoms with Crippen LogP contribution in [0, 0.1) is 0 Å². The van der Waals surface area contributed by atoms with Crippen molar-refractivity contribution in [2.45, 2.75) is 124 Å². The van der Waals surface area contributed by atoms with Gasteiger partial charge in [0.15, 0.2) is 0 Å². The first-order chi connectivity index (χ1) is 12.6. The van der Waals surface area contributed by atoms with E-state index in [1.54, 1.807) is 0 Å². The molecule has 0 fully saturated rings. The predicted octanol–water partition coefficient (Wildman–Crippen LogP) is 6.80. The van der Waals surface area contributed by atoms with Crippen molar-refractivity contribution in [3.63, 3.8) is 0 Å². The van der Waals surface area contributed by atoms with Gasteiger partial charge < -0.3 is 5.32 Å². The number of nitrogens with zero attached hydrogens (tertiary/aromatic N) is 2. The van der Waals surface area contributed by atoms with Gasteiger partial charge in [-0.1, -0.05) is 79.1 Å². The van der Waals surface area contributed by atoms with Crippen LogP contribution < -0.4 is 5.32 Å². The molecule has 0 saturated carbocycles. The first kappa shape index (κ1) is 23.7. The number of aromatic nitrogens is 2. The normalized spacial score (nSPS) is 12.4. The average Bonchev–Trinajstić information content (AvgIpc) is 2.97. The third-order valence-electron chi connectivity index (χ3n) is 4.89. The van der Waals surface area contributed by atoms with Gasteiger partial charge in [-0.15, -0.1) is 0 Å². The minimum Gasteiger partial charge on any atom is -0.311 e. The number of carbonyl (C=O) groups excluding carboxylic acids is 1. The van der Waals surface area contributed by atoms with Crippen molar-refractivity contribution >= 4 is 11.7 Å². The van der Waals surface area contributed by atoms with E-state index in [9.17, 15) is 4.79 Å². The van der Waals surface area contributed by atoms with Crippen LogP contribution in [0.4, 0.5) is 5.82 Å². The zero-order valence-electron chi connectivity index (χ0n) is 19.0. The topological polar surface area (TPSA) is 46.9 Å². The van der Waals surface area contributed by atoms with Crippen LogP contribution in [0.5, 0.6) is 0 Å². The third-order valence-corrected chi connectivity index (χ3v) is 4.89. The summed E-state index contributed by atoms with van der Waals surface area (Å²) >= 11 is 0. The summed E-state index contributed by atoms with van der Waals surface area (Å²) in [5.74, 6) is 0.914. The van der Waals surface area contributed by atoms with Crippen molar-refractivity contribution in [2.24, 2.45) is 0 Å². The number of amides is 1. The molecular formula is C23H43N3O. The molecule has 27 heavy (non-hydrogen) atoms. The molecule has 1 amide bonds. The van der Waals surface area contributed by atoms with Crippen LogP contribution in [0.3, 0.4) is 0 Å². The van der Waals surface area contributed by atoms with Crippen molar-refractivity contribution in [3.8, 4) is 0 Å². The van der Waals surface area contributed by atoms with Gasteiger partial charge in [0.1, 0.15) is 5.82 Å². The van der Waals surface area contributed by atoms with Gasteiger partial charge >= 0.3 is 0 Å². The van der Waals surface area contributed by atoms with Crippen LogP contribution in [0.25, 0.3) is 0 Å². The summed E-state index contributed by atoms with van der Waals surface area (Å²) in [6.07, 6.45) is 12.0. The molecule has 0 atom stereocenters. The van der Waals surface area contributed by atoms with Crippen LogP contribution in [0.1, 0.15) is 118 Å². The lowest BCUT2D eigenvalue weighted by atomic mass is 9.92. The molecule has 0 aliphatic heterocycles. The molecule has 1 N–H and O–H groups in total. The lowest BCUT2D eigenvalue weighted by Gasteiger charge is -2.23. The zero-order chi connectivity index (χ0) is 20.5. The van der Waals surface area contributed by atoms with Crippen LogP contribution in [-0.2, 0) is 15.7 Å². The highest BCUT2D eigenvalue weighted by molar-refractivity contribution is 5.89. The molecule has 0 aromatic carbocycles. The van der Waals surface area contributed by atoms with E-state index >= 15 is 0 Å². The summed E-state index contributed by atoms with van der Waals surface area (Å²) in [4.78, 5) is 12.4.